The summed E-state index contributed by atoms with van der Waals surface area (Å²) in [4.78, 5) is 6.82. The zero-order valence-corrected chi connectivity index (χ0v) is 15.8. The van der Waals surface area contributed by atoms with E-state index < -0.39 is 0 Å². The van der Waals surface area contributed by atoms with Crippen LogP contribution in [0.15, 0.2) is 28.8 Å². The van der Waals surface area contributed by atoms with Crippen LogP contribution in [0.5, 0.6) is 0 Å². The molecule has 0 saturated carbocycles. The molecule has 0 bridgehead atoms. The molecule has 0 unspecified atom stereocenters. The van der Waals surface area contributed by atoms with Crippen molar-refractivity contribution in [3.63, 3.8) is 0 Å². The number of nitrogens with zero attached hydrogens (tertiary/aromatic N) is 5. The highest BCUT2D eigenvalue weighted by Gasteiger charge is 2.20. The summed E-state index contributed by atoms with van der Waals surface area (Å²) in [6.45, 7) is 5.93. The summed E-state index contributed by atoms with van der Waals surface area (Å²) in [7, 11) is 1.83. The van der Waals surface area contributed by atoms with E-state index in [-0.39, 0.29) is 0 Å². The Morgan fingerprint density at radius 1 is 1.40 bits per heavy atom. The standard InChI is InChI=1S/C17H27N7S/c1-3-15-22-20-13-24(15)11-8-19-17(18-2)21-14-6-9-23(10-7-14)16-5-4-12-25-16/h4-5,12-14H,3,6-11H2,1-2H3,(H2,18,19,21). The zero-order valence-electron chi connectivity index (χ0n) is 15.0. The molecule has 0 spiro atoms. The van der Waals surface area contributed by atoms with Gasteiger partial charge in [-0.15, -0.1) is 21.5 Å². The van der Waals surface area contributed by atoms with Crippen molar-refractivity contribution in [2.75, 3.05) is 31.6 Å². The Morgan fingerprint density at radius 3 is 2.92 bits per heavy atom. The van der Waals surface area contributed by atoms with Gasteiger partial charge in [-0.1, -0.05) is 6.92 Å². The van der Waals surface area contributed by atoms with Crippen LogP contribution < -0.4 is 15.5 Å². The van der Waals surface area contributed by atoms with Gasteiger partial charge in [-0.3, -0.25) is 4.99 Å². The second kappa shape index (κ2) is 8.84. The molecule has 7 nitrogen and oxygen atoms in total. The summed E-state index contributed by atoms with van der Waals surface area (Å²) in [5, 5.41) is 18.5. The Labute approximate surface area is 153 Å². The first-order valence-electron chi connectivity index (χ1n) is 8.92. The van der Waals surface area contributed by atoms with Crippen molar-refractivity contribution in [1.29, 1.82) is 0 Å². The van der Waals surface area contributed by atoms with Crippen LogP contribution in [0.25, 0.3) is 0 Å². The Bertz CT molecular complexity index is 656. The number of thiophene rings is 1. The number of aliphatic imine (C=N–C) groups is 1. The number of guanidine groups is 1. The molecule has 0 aliphatic carbocycles. The summed E-state index contributed by atoms with van der Waals surface area (Å²) in [5.41, 5.74) is 0. The Balaban J connectivity index is 1.41. The van der Waals surface area contributed by atoms with E-state index in [1.165, 1.54) is 5.00 Å². The minimum Gasteiger partial charge on any atom is -0.363 e. The van der Waals surface area contributed by atoms with Crippen molar-refractivity contribution in [2.45, 2.75) is 38.8 Å². The number of anilines is 1. The number of rotatable bonds is 6. The minimum atomic E-state index is 0.475. The molecule has 2 aromatic rings. The van der Waals surface area contributed by atoms with E-state index in [1.807, 2.05) is 18.4 Å². The predicted octanol–water partition coefficient (Wildman–Crippen LogP) is 1.74. The molecule has 25 heavy (non-hydrogen) atoms. The number of hydrogen-bond acceptors (Lipinski definition) is 5. The highest BCUT2D eigenvalue weighted by Crippen LogP contribution is 2.24. The third-order valence-electron chi connectivity index (χ3n) is 4.53. The van der Waals surface area contributed by atoms with E-state index in [0.717, 1.165) is 57.2 Å². The Hall–Kier alpha value is -2.09. The van der Waals surface area contributed by atoms with Gasteiger partial charge in [0.1, 0.15) is 12.2 Å². The van der Waals surface area contributed by atoms with Gasteiger partial charge in [0, 0.05) is 45.7 Å². The first kappa shape index (κ1) is 17.7. The van der Waals surface area contributed by atoms with Gasteiger partial charge in [-0.05, 0) is 30.4 Å². The lowest BCUT2D eigenvalue weighted by atomic mass is 10.1. The van der Waals surface area contributed by atoms with E-state index in [1.54, 1.807) is 6.33 Å². The fourth-order valence-corrected chi connectivity index (χ4v) is 3.90. The normalized spacial score (nSPS) is 16.2. The Morgan fingerprint density at radius 2 is 2.24 bits per heavy atom. The number of aromatic nitrogens is 3. The molecule has 1 saturated heterocycles. The van der Waals surface area contributed by atoms with Gasteiger partial charge < -0.3 is 20.1 Å². The van der Waals surface area contributed by atoms with Crippen molar-refractivity contribution in [3.8, 4) is 0 Å². The van der Waals surface area contributed by atoms with Crippen LogP contribution in [-0.2, 0) is 13.0 Å². The van der Waals surface area contributed by atoms with E-state index in [0.29, 0.717) is 6.04 Å². The maximum atomic E-state index is 4.35. The van der Waals surface area contributed by atoms with E-state index >= 15 is 0 Å². The molecule has 1 fully saturated rings. The van der Waals surface area contributed by atoms with Crippen LogP contribution in [-0.4, -0.2) is 53.4 Å². The van der Waals surface area contributed by atoms with Gasteiger partial charge in [-0.25, -0.2) is 0 Å². The number of piperidine rings is 1. The summed E-state index contributed by atoms with van der Waals surface area (Å²) in [6.07, 6.45) is 4.95. The third-order valence-corrected chi connectivity index (χ3v) is 5.46. The van der Waals surface area contributed by atoms with Crippen LogP contribution >= 0.6 is 11.3 Å². The monoisotopic (exact) mass is 361 g/mol. The fourth-order valence-electron chi connectivity index (χ4n) is 3.12. The summed E-state index contributed by atoms with van der Waals surface area (Å²) >= 11 is 1.82. The molecule has 0 radical (unpaired) electrons. The molecule has 1 aliphatic heterocycles. The van der Waals surface area contributed by atoms with Crippen molar-refractivity contribution in [3.05, 3.63) is 29.7 Å². The van der Waals surface area contributed by atoms with E-state index in [4.69, 9.17) is 0 Å². The zero-order chi connectivity index (χ0) is 17.5. The molecule has 2 aromatic heterocycles. The molecule has 0 aromatic carbocycles. The fraction of sp³-hybridized carbons (Fsp3) is 0.588. The summed E-state index contributed by atoms with van der Waals surface area (Å²) in [5.74, 6) is 1.89. The Kier molecular flexibility index (Phi) is 6.27. The molecule has 0 atom stereocenters. The summed E-state index contributed by atoms with van der Waals surface area (Å²) < 4.78 is 2.08. The maximum Gasteiger partial charge on any atom is 0.191 e. The second-order valence-corrected chi connectivity index (χ2v) is 7.08. The molecule has 0 amide bonds. The topological polar surface area (TPSA) is 70.4 Å². The highest BCUT2D eigenvalue weighted by molar-refractivity contribution is 7.14. The lowest BCUT2D eigenvalue weighted by Gasteiger charge is -2.33. The second-order valence-electron chi connectivity index (χ2n) is 6.15. The quantitative estimate of drug-likeness (QED) is 0.606. The first-order chi connectivity index (χ1) is 12.3. The molecule has 2 N–H and O–H groups in total. The average Bonchev–Trinajstić information content (AvgIpc) is 3.33. The van der Waals surface area contributed by atoms with Crippen LogP contribution in [0.1, 0.15) is 25.6 Å². The van der Waals surface area contributed by atoms with Crippen LogP contribution in [0.4, 0.5) is 5.00 Å². The molecular formula is C17H27N7S. The molecule has 1 aliphatic rings. The largest absolute Gasteiger partial charge is 0.363 e. The lowest BCUT2D eigenvalue weighted by Crippen LogP contribution is -2.49. The van der Waals surface area contributed by atoms with Crippen LogP contribution in [0, 0.1) is 0 Å². The molecule has 8 heteroatoms. The summed E-state index contributed by atoms with van der Waals surface area (Å²) in [6, 6.07) is 4.80. The number of aryl methyl sites for hydroxylation is 1. The van der Waals surface area contributed by atoms with E-state index in [9.17, 15) is 0 Å². The third kappa shape index (κ3) is 4.72. The van der Waals surface area contributed by atoms with Gasteiger partial charge in [-0.2, -0.15) is 0 Å². The van der Waals surface area contributed by atoms with Gasteiger partial charge >= 0.3 is 0 Å². The highest BCUT2D eigenvalue weighted by atomic mass is 32.1. The van der Waals surface area contributed by atoms with Gasteiger partial charge in [0.15, 0.2) is 5.96 Å². The van der Waals surface area contributed by atoms with Crippen molar-refractivity contribution >= 4 is 22.3 Å². The smallest absolute Gasteiger partial charge is 0.191 e. The van der Waals surface area contributed by atoms with Gasteiger partial charge in [0.2, 0.25) is 0 Å². The van der Waals surface area contributed by atoms with Crippen LogP contribution in [0.3, 0.4) is 0 Å². The van der Waals surface area contributed by atoms with Gasteiger partial charge in [0.05, 0.1) is 5.00 Å². The molecular weight excluding hydrogens is 334 g/mol. The van der Waals surface area contributed by atoms with Crippen LogP contribution in [0.2, 0.25) is 0 Å². The number of hydrogen-bond donors (Lipinski definition) is 2. The molecule has 3 rings (SSSR count). The number of nitrogens with one attached hydrogen (secondary N) is 2. The van der Waals surface area contributed by atoms with Crippen molar-refractivity contribution in [2.24, 2.45) is 4.99 Å². The first-order valence-corrected chi connectivity index (χ1v) is 9.80. The SMILES string of the molecule is CCc1nncn1CCNC(=NC)NC1CCN(c2cccs2)CC1. The minimum absolute atomic E-state index is 0.475. The average molecular weight is 362 g/mol. The van der Waals surface area contributed by atoms with E-state index in [2.05, 4.69) is 59.7 Å². The lowest BCUT2D eigenvalue weighted by molar-refractivity contribution is 0.462. The maximum absolute atomic E-state index is 4.35. The van der Waals surface area contributed by atoms with Crippen molar-refractivity contribution in [1.82, 2.24) is 25.4 Å². The van der Waals surface area contributed by atoms with Crippen molar-refractivity contribution < 1.29 is 0 Å². The molecule has 3 heterocycles. The molecule has 136 valence electrons. The predicted molar refractivity (Wildman–Crippen MR) is 103 cm³/mol. The van der Waals surface area contributed by atoms with Gasteiger partial charge in [0.25, 0.3) is 0 Å².